The molecule has 0 saturated carbocycles. The van der Waals surface area contributed by atoms with Gasteiger partial charge in [0, 0.05) is 34.3 Å². The van der Waals surface area contributed by atoms with E-state index in [1.807, 2.05) is 33.1 Å². The van der Waals surface area contributed by atoms with Crippen molar-refractivity contribution in [2.24, 2.45) is 0 Å². The molecule has 4 rings (SSSR count). The van der Waals surface area contributed by atoms with Crippen LogP contribution in [0.5, 0.6) is 0 Å². The molecule has 0 aliphatic carbocycles. The standard InChI is InChI=1S/C18H18N4O2S3/c1-9(2)22-16(24)14-10(3)11(4)27-15(14)20-18(22)26-8-12-7-13(23)21-5-6-25-17(21)19-12/h5-7,9H,8H2,1-4H3. The number of nitrogens with zero attached hydrogens (tertiary/aromatic N) is 4. The molecule has 0 aromatic carbocycles. The number of fused-ring (bicyclic) bond motifs is 2. The minimum atomic E-state index is -0.0917. The highest BCUT2D eigenvalue weighted by Crippen LogP contribution is 2.30. The first kappa shape index (κ1) is 18.4. The lowest BCUT2D eigenvalue weighted by Crippen LogP contribution is -2.25. The fraction of sp³-hybridized carbons (Fsp3) is 0.333. The predicted molar refractivity (Wildman–Crippen MR) is 113 cm³/mol. The monoisotopic (exact) mass is 418 g/mol. The van der Waals surface area contributed by atoms with E-state index in [0.717, 1.165) is 15.3 Å². The molecule has 0 aliphatic heterocycles. The van der Waals surface area contributed by atoms with Crippen LogP contribution in [-0.2, 0) is 5.75 Å². The number of rotatable bonds is 4. The maximum absolute atomic E-state index is 13.1. The summed E-state index contributed by atoms with van der Waals surface area (Å²) in [6, 6.07) is 1.54. The summed E-state index contributed by atoms with van der Waals surface area (Å²) >= 11 is 4.42. The summed E-state index contributed by atoms with van der Waals surface area (Å²) in [5.41, 5.74) is 1.61. The highest BCUT2D eigenvalue weighted by molar-refractivity contribution is 7.98. The van der Waals surface area contributed by atoms with Crippen LogP contribution in [0.2, 0.25) is 0 Å². The largest absolute Gasteiger partial charge is 0.284 e. The topological polar surface area (TPSA) is 69.3 Å². The van der Waals surface area contributed by atoms with Crippen LogP contribution in [0.4, 0.5) is 0 Å². The van der Waals surface area contributed by atoms with Crippen LogP contribution in [0.25, 0.3) is 15.2 Å². The summed E-state index contributed by atoms with van der Waals surface area (Å²) in [7, 11) is 0. The molecular weight excluding hydrogens is 400 g/mol. The van der Waals surface area contributed by atoms with Crippen LogP contribution >= 0.6 is 34.4 Å². The van der Waals surface area contributed by atoms with E-state index in [2.05, 4.69) is 4.98 Å². The van der Waals surface area contributed by atoms with Gasteiger partial charge >= 0.3 is 0 Å². The lowest BCUT2D eigenvalue weighted by molar-refractivity contribution is 0.519. The second-order valence-electron chi connectivity index (χ2n) is 6.56. The normalized spacial score (nSPS) is 11.9. The van der Waals surface area contributed by atoms with Crippen molar-refractivity contribution in [2.75, 3.05) is 0 Å². The Morgan fingerprint density at radius 3 is 2.74 bits per heavy atom. The average Bonchev–Trinajstić information content (AvgIpc) is 3.18. The third kappa shape index (κ3) is 3.13. The lowest BCUT2D eigenvalue weighted by Gasteiger charge is -2.15. The Labute approximate surface area is 167 Å². The molecule has 0 fully saturated rings. The molecule has 0 radical (unpaired) electrons. The second kappa shape index (κ2) is 6.88. The van der Waals surface area contributed by atoms with Gasteiger partial charge in [-0.05, 0) is 33.3 Å². The van der Waals surface area contributed by atoms with E-state index < -0.39 is 0 Å². The molecule has 0 spiro atoms. The zero-order valence-electron chi connectivity index (χ0n) is 15.3. The fourth-order valence-corrected chi connectivity index (χ4v) is 5.77. The smallest absolute Gasteiger partial charge is 0.263 e. The van der Waals surface area contributed by atoms with Gasteiger partial charge in [-0.3, -0.25) is 18.6 Å². The summed E-state index contributed by atoms with van der Waals surface area (Å²) in [6.45, 7) is 7.95. The van der Waals surface area contributed by atoms with Crippen LogP contribution in [0.3, 0.4) is 0 Å². The van der Waals surface area contributed by atoms with Gasteiger partial charge in [-0.2, -0.15) is 0 Å². The molecule has 0 bridgehead atoms. The number of aryl methyl sites for hydroxylation is 2. The average molecular weight is 419 g/mol. The molecule has 9 heteroatoms. The number of aromatic nitrogens is 4. The van der Waals surface area contributed by atoms with Crippen molar-refractivity contribution >= 4 is 49.6 Å². The number of hydrogen-bond acceptors (Lipinski definition) is 7. The van der Waals surface area contributed by atoms with Crippen molar-refractivity contribution in [3.05, 3.63) is 54.5 Å². The highest BCUT2D eigenvalue weighted by Gasteiger charge is 2.18. The summed E-state index contributed by atoms with van der Waals surface area (Å²) in [5.74, 6) is 0.484. The van der Waals surface area contributed by atoms with Crippen LogP contribution in [0, 0.1) is 13.8 Å². The van der Waals surface area contributed by atoms with E-state index in [0.29, 0.717) is 27.0 Å². The molecular formula is C18H18N4O2S3. The van der Waals surface area contributed by atoms with Crippen molar-refractivity contribution in [1.82, 2.24) is 18.9 Å². The van der Waals surface area contributed by atoms with Crippen molar-refractivity contribution < 1.29 is 0 Å². The van der Waals surface area contributed by atoms with E-state index >= 15 is 0 Å². The summed E-state index contributed by atoms with van der Waals surface area (Å²) in [6.07, 6.45) is 1.72. The zero-order chi connectivity index (χ0) is 19.3. The zero-order valence-corrected chi connectivity index (χ0v) is 17.8. The first-order valence-electron chi connectivity index (χ1n) is 8.47. The van der Waals surface area contributed by atoms with Gasteiger partial charge in [-0.25, -0.2) is 9.97 Å². The SMILES string of the molecule is Cc1sc2nc(SCc3cc(=O)n4ccsc4n3)n(C(C)C)c(=O)c2c1C. The van der Waals surface area contributed by atoms with Crippen LogP contribution in [0.15, 0.2) is 32.4 Å². The van der Waals surface area contributed by atoms with Gasteiger partial charge < -0.3 is 0 Å². The number of thiophene rings is 1. The quantitative estimate of drug-likeness (QED) is 0.370. The Morgan fingerprint density at radius 1 is 1.22 bits per heavy atom. The van der Waals surface area contributed by atoms with Crippen molar-refractivity contribution in [2.45, 2.75) is 44.6 Å². The van der Waals surface area contributed by atoms with Crippen molar-refractivity contribution in [3.63, 3.8) is 0 Å². The Kier molecular flexibility index (Phi) is 4.69. The minimum absolute atomic E-state index is 0.00101. The van der Waals surface area contributed by atoms with Crippen molar-refractivity contribution in [3.8, 4) is 0 Å². The van der Waals surface area contributed by atoms with Gasteiger partial charge in [0.1, 0.15) is 4.83 Å². The maximum Gasteiger partial charge on any atom is 0.263 e. The van der Waals surface area contributed by atoms with E-state index in [-0.39, 0.29) is 17.2 Å². The van der Waals surface area contributed by atoms with Crippen LogP contribution < -0.4 is 11.1 Å². The third-order valence-electron chi connectivity index (χ3n) is 4.42. The summed E-state index contributed by atoms with van der Waals surface area (Å²) < 4.78 is 3.27. The van der Waals surface area contributed by atoms with E-state index in [1.54, 1.807) is 28.2 Å². The number of thioether (sulfide) groups is 1. The number of hydrogen-bond donors (Lipinski definition) is 0. The molecule has 0 N–H and O–H groups in total. The number of thiazole rings is 1. The minimum Gasteiger partial charge on any atom is -0.284 e. The molecule has 0 unspecified atom stereocenters. The molecule has 4 heterocycles. The molecule has 0 atom stereocenters. The van der Waals surface area contributed by atoms with Crippen LogP contribution in [0.1, 0.15) is 36.0 Å². The Hall–Kier alpha value is -1.97. The van der Waals surface area contributed by atoms with Gasteiger partial charge in [-0.1, -0.05) is 11.8 Å². The molecule has 4 aromatic heterocycles. The molecule has 0 amide bonds. The molecule has 0 aliphatic rings. The summed E-state index contributed by atoms with van der Waals surface area (Å²) in [5, 5.41) is 3.22. The first-order chi connectivity index (χ1) is 12.9. The maximum atomic E-state index is 13.1. The fourth-order valence-electron chi connectivity index (χ4n) is 2.95. The first-order valence-corrected chi connectivity index (χ1v) is 11.2. The highest BCUT2D eigenvalue weighted by atomic mass is 32.2. The van der Waals surface area contributed by atoms with Gasteiger partial charge in [0.05, 0.1) is 11.1 Å². The van der Waals surface area contributed by atoms with E-state index in [9.17, 15) is 9.59 Å². The Morgan fingerprint density at radius 2 is 2.00 bits per heavy atom. The van der Waals surface area contributed by atoms with Gasteiger partial charge in [0.25, 0.3) is 11.1 Å². The van der Waals surface area contributed by atoms with E-state index in [1.165, 1.54) is 27.5 Å². The Bertz CT molecular complexity index is 1280. The van der Waals surface area contributed by atoms with Gasteiger partial charge in [-0.15, -0.1) is 22.7 Å². The molecule has 0 saturated heterocycles. The Balaban J connectivity index is 1.77. The summed E-state index contributed by atoms with van der Waals surface area (Å²) in [4.78, 5) is 37.1. The van der Waals surface area contributed by atoms with E-state index in [4.69, 9.17) is 4.98 Å². The second-order valence-corrected chi connectivity index (χ2v) is 9.58. The molecule has 140 valence electrons. The van der Waals surface area contributed by atoms with Gasteiger partial charge in [0.15, 0.2) is 10.1 Å². The predicted octanol–water partition coefficient (Wildman–Crippen LogP) is 4.02. The molecule has 6 nitrogen and oxygen atoms in total. The third-order valence-corrected chi connectivity index (χ3v) is 7.27. The van der Waals surface area contributed by atoms with Crippen molar-refractivity contribution in [1.29, 1.82) is 0 Å². The van der Waals surface area contributed by atoms with Crippen LogP contribution in [-0.4, -0.2) is 18.9 Å². The molecule has 27 heavy (non-hydrogen) atoms. The molecule has 4 aromatic rings. The van der Waals surface area contributed by atoms with Gasteiger partial charge in [0.2, 0.25) is 0 Å². The lowest BCUT2D eigenvalue weighted by atomic mass is 10.2.